The lowest BCUT2D eigenvalue weighted by Gasteiger charge is -2.24. The van der Waals surface area contributed by atoms with Crippen molar-refractivity contribution in [1.82, 2.24) is 9.80 Å². The van der Waals surface area contributed by atoms with Gasteiger partial charge >= 0.3 is 0 Å². The number of ether oxygens (including phenoxy) is 1. The summed E-state index contributed by atoms with van der Waals surface area (Å²) in [6.07, 6.45) is 0. The minimum atomic E-state index is -0.713. The topological polar surface area (TPSA) is 75.9 Å². The Morgan fingerprint density at radius 3 is 2.24 bits per heavy atom. The largest absolute Gasteiger partial charge is 0.383 e. The Hall–Kier alpha value is -1.14. The van der Waals surface area contributed by atoms with Crippen LogP contribution in [0.5, 0.6) is 0 Å². The van der Waals surface area contributed by atoms with Crippen LogP contribution >= 0.6 is 0 Å². The highest BCUT2D eigenvalue weighted by Gasteiger charge is 2.21. The van der Waals surface area contributed by atoms with Crippen molar-refractivity contribution in [3.63, 3.8) is 0 Å². The molecule has 0 saturated carbocycles. The van der Waals surface area contributed by atoms with Crippen molar-refractivity contribution in [1.29, 1.82) is 0 Å². The molecule has 0 saturated heterocycles. The number of carbonyl (C=O) groups excluding carboxylic acids is 2. The second-order valence-corrected chi connectivity index (χ2v) is 3.82. The van der Waals surface area contributed by atoms with E-state index in [1.165, 1.54) is 12.0 Å². The molecule has 0 spiro atoms. The molecule has 17 heavy (non-hydrogen) atoms. The summed E-state index contributed by atoms with van der Waals surface area (Å²) < 4.78 is 4.80. The zero-order valence-electron chi connectivity index (χ0n) is 11.1. The first-order valence-corrected chi connectivity index (χ1v) is 5.75. The minimum Gasteiger partial charge on any atom is -0.383 e. The molecule has 1 unspecified atom stereocenters. The predicted octanol–water partition coefficient (Wildman–Crippen LogP) is -0.713. The number of amides is 2. The molecule has 0 fully saturated rings. The van der Waals surface area contributed by atoms with Crippen LogP contribution in [0.3, 0.4) is 0 Å². The summed E-state index contributed by atoms with van der Waals surface area (Å²) in [5.41, 5.74) is 5.60. The third kappa shape index (κ3) is 5.14. The normalized spacial score (nSPS) is 12.1. The lowest BCUT2D eigenvalue weighted by molar-refractivity contribution is -0.140. The summed E-state index contributed by atoms with van der Waals surface area (Å²) in [6.45, 7) is 5.29. The van der Waals surface area contributed by atoms with Gasteiger partial charge in [0.2, 0.25) is 11.8 Å². The molecule has 0 heterocycles. The molecular weight excluding hydrogens is 222 g/mol. The van der Waals surface area contributed by atoms with Crippen molar-refractivity contribution >= 4 is 11.8 Å². The zero-order chi connectivity index (χ0) is 13.4. The van der Waals surface area contributed by atoms with E-state index in [0.717, 1.165) is 0 Å². The van der Waals surface area contributed by atoms with Crippen LogP contribution in [0.1, 0.15) is 13.8 Å². The van der Waals surface area contributed by atoms with Gasteiger partial charge in [-0.25, -0.2) is 0 Å². The van der Waals surface area contributed by atoms with E-state index in [0.29, 0.717) is 13.1 Å². The van der Waals surface area contributed by atoms with Gasteiger partial charge in [-0.3, -0.25) is 9.59 Å². The Labute approximate surface area is 103 Å². The van der Waals surface area contributed by atoms with Crippen molar-refractivity contribution in [3.05, 3.63) is 0 Å². The lowest BCUT2D eigenvalue weighted by Crippen LogP contribution is -2.48. The molecule has 0 rings (SSSR count). The highest BCUT2D eigenvalue weighted by Crippen LogP contribution is 1.95. The van der Waals surface area contributed by atoms with Gasteiger partial charge in [0.15, 0.2) is 0 Å². The standard InChI is InChI=1S/C11H23N3O3/c1-5-14(6-2)10(15)7-13(3)11(16)9(12)8-17-4/h9H,5-8,12H2,1-4H3. The van der Waals surface area contributed by atoms with Crippen molar-refractivity contribution in [3.8, 4) is 0 Å². The SMILES string of the molecule is CCN(CC)C(=O)CN(C)C(=O)C(N)COC. The molecule has 0 aliphatic rings. The predicted molar refractivity (Wildman–Crippen MR) is 65.4 cm³/mol. The van der Waals surface area contributed by atoms with E-state index in [1.807, 2.05) is 13.8 Å². The van der Waals surface area contributed by atoms with Crippen LogP contribution in [0.15, 0.2) is 0 Å². The summed E-state index contributed by atoms with van der Waals surface area (Å²) in [6, 6.07) is -0.713. The molecular formula is C11H23N3O3. The molecule has 6 nitrogen and oxygen atoms in total. The molecule has 2 N–H and O–H groups in total. The number of nitrogens with zero attached hydrogens (tertiary/aromatic N) is 2. The molecule has 0 aliphatic carbocycles. The van der Waals surface area contributed by atoms with Crippen molar-refractivity contribution in [2.45, 2.75) is 19.9 Å². The van der Waals surface area contributed by atoms with E-state index in [2.05, 4.69) is 0 Å². The molecule has 0 aromatic carbocycles. The van der Waals surface area contributed by atoms with Gasteiger partial charge in [-0.05, 0) is 13.8 Å². The molecule has 1 atom stereocenters. The van der Waals surface area contributed by atoms with E-state index in [-0.39, 0.29) is 25.0 Å². The monoisotopic (exact) mass is 245 g/mol. The molecule has 0 aromatic rings. The van der Waals surface area contributed by atoms with Gasteiger partial charge in [0, 0.05) is 27.2 Å². The van der Waals surface area contributed by atoms with Crippen LogP contribution in [0.2, 0.25) is 0 Å². The van der Waals surface area contributed by atoms with Crippen LogP contribution in [0.25, 0.3) is 0 Å². The van der Waals surface area contributed by atoms with Gasteiger partial charge in [0.1, 0.15) is 6.04 Å². The fraction of sp³-hybridized carbons (Fsp3) is 0.818. The van der Waals surface area contributed by atoms with E-state index in [9.17, 15) is 9.59 Å². The molecule has 0 bridgehead atoms. The van der Waals surface area contributed by atoms with Crippen LogP contribution in [-0.2, 0) is 14.3 Å². The van der Waals surface area contributed by atoms with Gasteiger partial charge in [0.25, 0.3) is 0 Å². The lowest BCUT2D eigenvalue weighted by atomic mass is 10.3. The first-order valence-electron chi connectivity index (χ1n) is 5.75. The number of rotatable bonds is 7. The highest BCUT2D eigenvalue weighted by molar-refractivity contribution is 5.87. The molecule has 100 valence electrons. The van der Waals surface area contributed by atoms with Gasteiger partial charge in [-0.2, -0.15) is 0 Å². The Morgan fingerprint density at radius 2 is 1.82 bits per heavy atom. The number of nitrogens with two attached hydrogens (primary N) is 1. The summed E-state index contributed by atoms with van der Waals surface area (Å²) >= 11 is 0. The fourth-order valence-electron chi connectivity index (χ4n) is 1.49. The van der Waals surface area contributed by atoms with Crippen molar-refractivity contribution in [2.75, 3.05) is 40.4 Å². The summed E-state index contributed by atoms with van der Waals surface area (Å²) in [7, 11) is 3.05. The number of methoxy groups -OCH3 is 1. The maximum atomic E-state index is 11.8. The third-order valence-corrected chi connectivity index (χ3v) is 2.53. The second kappa shape index (κ2) is 8.03. The minimum absolute atomic E-state index is 0.0535. The average Bonchev–Trinajstić information content (AvgIpc) is 2.29. The van der Waals surface area contributed by atoms with E-state index < -0.39 is 6.04 Å². The second-order valence-electron chi connectivity index (χ2n) is 3.82. The molecule has 0 aromatic heterocycles. The first-order chi connectivity index (χ1) is 7.97. The maximum absolute atomic E-state index is 11.8. The van der Waals surface area contributed by atoms with Crippen molar-refractivity contribution < 1.29 is 14.3 Å². The van der Waals surface area contributed by atoms with E-state index in [1.54, 1.807) is 11.9 Å². The summed E-state index contributed by atoms with van der Waals surface area (Å²) in [5, 5.41) is 0. The number of hydrogen-bond acceptors (Lipinski definition) is 4. The summed E-state index contributed by atoms with van der Waals surface area (Å²) in [4.78, 5) is 26.5. The molecule has 2 amide bonds. The van der Waals surface area contributed by atoms with Crippen LogP contribution in [-0.4, -0.2) is 68.1 Å². The van der Waals surface area contributed by atoms with Gasteiger partial charge in [0.05, 0.1) is 13.2 Å². The molecule has 6 heteroatoms. The molecule has 0 aliphatic heterocycles. The number of carbonyl (C=O) groups is 2. The Kier molecular flexibility index (Phi) is 7.49. The fourth-order valence-corrected chi connectivity index (χ4v) is 1.49. The third-order valence-electron chi connectivity index (χ3n) is 2.53. The maximum Gasteiger partial charge on any atom is 0.242 e. The number of likely N-dealkylation sites (N-methyl/N-ethyl adjacent to an activating group) is 2. The van der Waals surface area contributed by atoms with Crippen molar-refractivity contribution in [2.24, 2.45) is 5.73 Å². The zero-order valence-corrected chi connectivity index (χ0v) is 11.1. The Balaban J connectivity index is 4.28. The average molecular weight is 245 g/mol. The number of hydrogen-bond donors (Lipinski definition) is 1. The van der Waals surface area contributed by atoms with Crippen LogP contribution < -0.4 is 5.73 Å². The van der Waals surface area contributed by atoms with E-state index >= 15 is 0 Å². The summed E-state index contributed by atoms with van der Waals surface area (Å²) in [5.74, 6) is -0.358. The van der Waals surface area contributed by atoms with Gasteiger partial charge in [-0.15, -0.1) is 0 Å². The van der Waals surface area contributed by atoms with Crippen LogP contribution in [0.4, 0.5) is 0 Å². The Bertz CT molecular complexity index is 254. The van der Waals surface area contributed by atoms with Gasteiger partial charge < -0.3 is 20.3 Å². The highest BCUT2D eigenvalue weighted by atomic mass is 16.5. The van der Waals surface area contributed by atoms with Gasteiger partial charge in [-0.1, -0.05) is 0 Å². The Morgan fingerprint density at radius 1 is 1.29 bits per heavy atom. The smallest absolute Gasteiger partial charge is 0.242 e. The first kappa shape index (κ1) is 15.9. The molecule has 0 radical (unpaired) electrons. The quantitative estimate of drug-likeness (QED) is 0.642. The van der Waals surface area contributed by atoms with E-state index in [4.69, 9.17) is 10.5 Å². The van der Waals surface area contributed by atoms with Crippen LogP contribution in [0, 0.1) is 0 Å².